The minimum absolute atomic E-state index is 0.202. The van der Waals surface area contributed by atoms with Crippen molar-refractivity contribution >= 4 is 33.0 Å². The van der Waals surface area contributed by atoms with Crippen molar-refractivity contribution < 1.29 is 9.13 Å². The summed E-state index contributed by atoms with van der Waals surface area (Å²) in [6.07, 6.45) is 0. The average molecular weight is 231 g/mol. The second-order valence-corrected chi connectivity index (χ2v) is 4.16. The van der Waals surface area contributed by atoms with Gasteiger partial charge in [0.25, 0.3) is 0 Å². The first-order chi connectivity index (χ1) is 6.72. The van der Waals surface area contributed by atoms with E-state index in [1.165, 1.54) is 0 Å². The van der Waals surface area contributed by atoms with Crippen molar-refractivity contribution in [2.45, 2.75) is 6.92 Å². The Kier molecular flexibility index (Phi) is 2.61. The third-order valence-corrected chi connectivity index (χ3v) is 3.30. The summed E-state index contributed by atoms with van der Waals surface area (Å²) in [6.45, 7) is 2.51. The largest absolute Gasteiger partial charge is 0.494 e. The Morgan fingerprint density at radius 1 is 1.50 bits per heavy atom. The zero-order valence-corrected chi connectivity index (χ0v) is 9.08. The zero-order chi connectivity index (χ0) is 10.1. The lowest BCUT2D eigenvalue weighted by molar-refractivity contribution is 0.341. The standard InChI is InChI=1S/C10H8ClFOS/c1-2-13-6-3-4-7-8(5-6)14-10(12)9(7)11/h3-5H,2H2,1H3. The first-order valence-electron chi connectivity index (χ1n) is 4.22. The maximum atomic E-state index is 13.1. The maximum absolute atomic E-state index is 13.1. The van der Waals surface area contributed by atoms with Crippen LogP contribution >= 0.6 is 22.9 Å². The number of benzene rings is 1. The van der Waals surface area contributed by atoms with E-state index in [0.29, 0.717) is 6.61 Å². The lowest BCUT2D eigenvalue weighted by Crippen LogP contribution is -1.89. The van der Waals surface area contributed by atoms with Gasteiger partial charge in [-0.25, -0.2) is 0 Å². The summed E-state index contributed by atoms with van der Waals surface area (Å²) < 4.78 is 19.2. The van der Waals surface area contributed by atoms with Crippen molar-refractivity contribution in [3.8, 4) is 5.75 Å². The molecular weight excluding hydrogens is 223 g/mol. The molecule has 0 unspecified atom stereocenters. The van der Waals surface area contributed by atoms with Gasteiger partial charge in [0.1, 0.15) is 5.75 Å². The molecule has 0 saturated heterocycles. The highest BCUT2D eigenvalue weighted by molar-refractivity contribution is 7.18. The molecule has 4 heteroatoms. The Labute approximate surface area is 90.1 Å². The number of thiophene rings is 1. The lowest BCUT2D eigenvalue weighted by atomic mass is 10.2. The Hall–Kier alpha value is -0.800. The van der Waals surface area contributed by atoms with Crippen LogP contribution in [0.25, 0.3) is 10.1 Å². The number of halogens is 2. The first kappa shape index (κ1) is 9.74. The molecule has 0 fully saturated rings. The monoisotopic (exact) mass is 230 g/mol. The van der Waals surface area contributed by atoms with Crippen molar-refractivity contribution in [3.05, 3.63) is 28.4 Å². The third kappa shape index (κ3) is 1.57. The molecule has 0 N–H and O–H groups in total. The molecule has 1 nitrogen and oxygen atoms in total. The van der Waals surface area contributed by atoms with E-state index in [4.69, 9.17) is 16.3 Å². The van der Waals surface area contributed by atoms with Gasteiger partial charge >= 0.3 is 0 Å². The molecule has 74 valence electrons. The van der Waals surface area contributed by atoms with Crippen LogP contribution in [0.3, 0.4) is 0 Å². The van der Waals surface area contributed by atoms with Gasteiger partial charge in [-0.3, -0.25) is 0 Å². The fraction of sp³-hybridized carbons (Fsp3) is 0.200. The quantitative estimate of drug-likeness (QED) is 0.755. The summed E-state index contributed by atoms with van der Waals surface area (Å²) in [5, 5.41) is 0.612. The Morgan fingerprint density at radius 2 is 2.29 bits per heavy atom. The molecule has 0 atom stereocenters. The van der Waals surface area contributed by atoms with E-state index in [9.17, 15) is 4.39 Å². The molecule has 0 amide bonds. The summed E-state index contributed by atoms with van der Waals surface area (Å²) in [4.78, 5) is 0. The van der Waals surface area contributed by atoms with Gasteiger partial charge in [-0.1, -0.05) is 11.6 Å². The summed E-state index contributed by atoms with van der Waals surface area (Å²) in [5.41, 5.74) is 0. The minimum Gasteiger partial charge on any atom is -0.494 e. The van der Waals surface area contributed by atoms with Crippen LogP contribution in [0.1, 0.15) is 6.92 Å². The predicted molar refractivity (Wildman–Crippen MR) is 58.0 cm³/mol. The molecule has 1 aromatic heterocycles. The van der Waals surface area contributed by atoms with Crippen LogP contribution in [0.2, 0.25) is 5.02 Å². The molecule has 0 radical (unpaired) electrons. The molecule has 0 aliphatic carbocycles. The molecule has 0 spiro atoms. The second-order valence-electron chi connectivity index (χ2n) is 2.78. The summed E-state index contributed by atoms with van der Waals surface area (Å²) >= 11 is 6.81. The lowest BCUT2D eigenvalue weighted by Gasteiger charge is -2.01. The fourth-order valence-electron chi connectivity index (χ4n) is 1.27. The van der Waals surface area contributed by atoms with Gasteiger partial charge in [0.05, 0.1) is 11.6 Å². The number of hydrogen-bond acceptors (Lipinski definition) is 2. The molecule has 0 aliphatic rings. The van der Waals surface area contributed by atoms with Gasteiger partial charge in [-0.05, 0) is 25.1 Å². The second kappa shape index (κ2) is 3.75. The van der Waals surface area contributed by atoms with Crippen LogP contribution in [-0.2, 0) is 0 Å². The van der Waals surface area contributed by atoms with E-state index < -0.39 is 0 Å². The minimum atomic E-state index is -0.338. The van der Waals surface area contributed by atoms with Crippen LogP contribution in [0.4, 0.5) is 4.39 Å². The van der Waals surface area contributed by atoms with Crippen molar-refractivity contribution in [3.63, 3.8) is 0 Å². The highest BCUT2D eigenvalue weighted by atomic mass is 35.5. The maximum Gasteiger partial charge on any atom is 0.196 e. The van der Waals surface area contributed by atoms with Gasteiger partial charge in [0, 0.05) is 10.1 Å². The zero-order valence-electron chi connectivity index (χ0n) is 7.51. The van der Waals surface area contributed by atoms with Crippen LogP contribution in [0.15, 0.2) is 18.2 Å². The average Bonchev–Trinajstić information content (AvgIpc) is 2.43. The Morgan fingerprint density at radius 3 is 3.00 bits per heavy atom. The molecule has 0 saturated carbocycles. The van der Waals surface area contributed by atoms with E-state index in [1.54, 1.807) is 18.2 Å². The van der Waals surface area contributed by atoms with Crippen molar-refractivity contribution in [2.24, 2.45) is 0 Å². The van der Waals surface area contributed by atoms with Crippen LogP contribution in [0, 0.1) is 5.13 Å². The van der Waals surface area contributed by atoms with Gasteiger partial charge < -0.3 is 4.74 Å². The highest BCUT2D eigenvalue weighted by Crippen LogP contribution is 2.35. The van der Waals surface area contributed by atoms with Gasteiger partial charge in [0.15, 0.2) is 5.13 Å². The smallest absolute Gasteiger partial charge is 0.196 e. The fourth-order valence-corrected chi connectivity index (χ4v) is 2.46. The van der Waals surface area contributed by atoms with Gasteiger partial charge in [0.2, 0.25) is 0 Å². The molecule has 2 aromatic rings. The van der Waals surface area contributed by atoms with E-state index in [1.807, 2.05) is 6.92 Å². The van der Waals surface area contributed by atoms with E-state index in [0.717, 1.165) is 27.2 Å². The Balaban J connectivity index is 2.56. The summed E-state index contributed by atoms with van der Waals surface area (Å²) in [5.74, 6) is 0.748. The highest BCUT2D eigenvalue weighted by Gasteiger charge is 2.09. The number of hydrogen-bond donors (Lipinski definition) is 0. The SMILES string of the molecule is CCOc1ccc2c(Cl)c(F)sc2c1. The van der Waals surface area contributed by atoms with Gasteiger partial charge in [-0.2, -0.15) is 4.39 Å². The summed E-state index contributed by atoms with van der Waals surface area (Å²) in [6, 6.07) is 5.38. The van der Waals surface area contributed by atoms with Crippen molar-refractivity contribution in [1.29, 1.82) is 0 Å². The third-order valence-electron chi connectivity index (χ3n) is 1.87. The molecule has 14 heavy (non-hydrogen) atoms. The number of fused-ring (bicyclic) bond motifs is 1. The molecular formula is C10H8ClFOS. The molecule has 0 bridgehead atoms. The summed E-state index contributed by atoms with van der Waals surface area (Å²) in [7, 11) is 0. The van der Waals surface area contributed by atoms with E-state index >= 15 is 0 Å². The number of rotatable bonds is 2. The van der Waals surface area contributed by atoms with Crippen molar-refractivity contribution in [2.75, 3.05) is 6.61 Å². The van der Waals surface area contributed by atoms with Crippen LogP contribution in [0.5, 0.6) is 5.75 Å². The number of ether oxygens (including phenoxy) is 1. The van der Waals surface area contributed by atoms with Crippen molar-refractivity contribution in [1.82, 2.24) is 0 Å². The molecule has 1 heterocycles. The molecule has 0 aliphatic heterocycles. The first-order valence-corrected chi connectivity index (χ1v) is 5.42. The Bertz CT molecular complexity index is 466. The van der Waals surface area contributed by atoms with Gasteiger partial charge in [-0.15, -0.1) is 11.3 Å². The molecule has 2 rings (SSSR count). The normalized spacial score (nSPS) is 10.8. The van der Waals surface area contributed by atoms with Crippen LogP contribution < -0.4 is 4.74 Å². The predicted octanol–water partition coefficient (Wildman–Crippen LogP) is 4.09. The molecule has 1 aromatic carbocycles. The van der Waals surface area contributed by atoms with E-state index in [-0.39, 0.29) is 10.2 Å². The van der Waals surface area contributed by atoms with Crippen LogP contribution in [-0.4, -0.2) is 6.61 Å². The van der Waals surface area contributed by atoms with E-state index in [2.05, 4.69) is 0 Å². The topological polar surface area (TPSA) is 9.23 Å².